The van der Waals surface area contributed by atoms with E-state index in [2.05, 4.69) is 31.0 Å². The largest absolute Gasteiger partial charge is 0.409 e. The van der Waals surface area contributed by atoms with Gasteiger partial charge in [0, 0.05) is 37.8 Å². The van der Waals surface area contributed by atoms with Crippen LogP contribution < -0.4 is 16.1 Å². The summed E-state index contributed by atoms with van der Waals surface area (Å²) in [6.45, 7) is 4.17. The molecule has 0 saturated carbocycles. The first-order valence-corrected chi connectivity index (χ1v) is 8.54. The number of oxime groups is 1. The first-order valence-electron chi connectivity index (χ1n) is 8.54. The van der Waals surface area contributed by atoms with Crippen LogP contribution in [-0.4, -0.2) is 63.5 Å². The summed E-state index contributed by atoms with van der Waals surface area (Å²) in [7, 11) is 0. The maximum Gasteiger partial charge on any atom is 0.203 e. The van der Waals surface area contributed by atoms with Crippen LogP contribution in [0, 0.1) is 24.1 Å². The second-order valence-electron chi connectivity index (χ2n) is 6.41. The van der Waals surface area contributed by atoms with E-state index < -0.39 is 0 Å². The highest BCUT2D eigenvalue weighted by Gasteiger charge is 2.29. The molecule has 1 aromatic carbocycles. The maximum absolute atomic E-state index is 13.4. The third kappa shape index (κ3) is 4.35. The Kier molecular flexibility index (Phi) is 6.01. The fourth-order valence-electron chi connectivity index (χ4n) is 2.81. The number of halogens is 1. The van der Waals surface area contributed by atoms with E-state index in [0.29, 0.717) is 43.2 Å². The van der Waals surface area contributed by atoms with Crippen molar-refractivity contribution in [3.63, 3.8) is 0 Å². The van der Waals surface area contributed by atoms with E-state index in [1.807, 2.05) is 5.48 Å². The Balaban J connectivity index is 1.55. The number of aryl methyl sites for hydroxylation is 1. The number of rotatable bonds is 7. The topological polar surface area (TPSA) is 155 Å². The van der Waals surface area contributed by atoms with Crippen LogP contribution in [0.15, 0.2) is 28.0 Å². The van der Waals surface area contributed by atoms with Crippen LogP contribution in [0.5, 0.6) is 0 Å². The first-order chi connectivity index (χ1) is 13.5. The summed E-state index contributed by atoms with van der Waals surface area (Å²) >= 11 is 0. The van der Waals surface area contributed by atoms with Gasteiger partial charge in [0.05, 0.1) is 0 Å². The van der Waals surface area contributed by atoms with Crippen molar-refractivity contribution in [1.29, 1.82) is 5.41 Å². The summed E-state index contributed by atoms with van der Waals surface area (Å²) in [5.74, 6) is 0.0720. The van der Waals surface area contributed by atoms with Gasteiger partial charge in [-0.3, -0.25) is 16.1 Å². The minimum Gasteiger partial charge on any atom is -0.409 e. The summed E-state index contributed by atoms with van der Waals surface area (Å²) in [6, 6.07) is 4.38. The molecule has 1 saturated heterocycles. The van der Waals surface area contributed by atoms with Gasteiger partial charge in [-0.15, -0.1) is 0 Å². The van der Waals surface area contributed by atoms with Crippen molar-refractivity contribution in [2.75, 3.05) is 36.8 Å². The van der Waals surface area contributed by atoms with Crippen LogP contribution in [0.25, 0.3) is 0 Å². The van der Waals surface area contributed by atoms with Gasteiger partial charge in [0.15, 0.2) is 5.69 Å². The van der Waals surface area contributed by atoms with E-state index >= 15 is 0 Å². The van der Waals surface area contributed by atoms with Gasteiger partial charge in [-0.25, -0.2) is 9.02 Å². The molecule has 1 aromatic heterocycles. The Morgan fingerprint density at radius 2 is 2.21 bits per heavy atom. The Morgan fingerprint density at radius 1 is 1.43 bits per heavy atom. The average molecular weight is 392 g/mol. The molecular formula is C16H21FN8O3. The predicted molar refractivity (Wildman–Crippen MR) is 98.4 cm³/mol. The average Bonchev–Trinajstić information content (AvgIpc) is 3.12. The first kappa shape index (κ1) is 19.5. The number of aromatic nitrogens is 2. The fraction of sp³-hybridized carbons (Fsp3) is 0.375. The highest BCUT2D eigenvalue weighted by molar-refractivity contribution is 6.09. The highest BCUT2D eigenvalue weighted by atomic mass is 19.1. The van der Waals surface area contributed by atoms with Crippen molar-refractivity contribution in [3.8, 4) is 0 Å². The van der Waals surface area contributed by atoms with Crippen LogP contribution in [-0.2, 0) is 0 Å². The lowest BCUT2D eigenvalue weighted by Crippen LogP contribution is -2.53. The molecule has 0 bridgehead atoms. The fourth-order valence-corrected chi connectivity index (χ4v) is 2.81. The van der Waals surface area contributed by atoms with E-state index in [4.69, 9.17) is 15.2 Å². The molecule has 2 aromatic rings. The van der Waals surface area contributed by atoms with Crippen molar-refractivity contribution in [2.45, 2.75) is 6.92 Å². The Labute approximate surface area is 159 Å². The van der Waals surface area contributed by atoms with Crippen molar-refractivity contribution < 1.29 is 19.4 Å². The summed E-state index contributed by atoms with van der Waals surface area (Å²) in [5.41, 5.74) is 3.00. The predicted octanol–water partition coefficient (Wildman–Crippen LogP) is 1.06. The quantitative estimate of drug-likeness (QED) is 0.176. The number of hydrogen-bond donors (Lipinski definition) is 6. The minimum atomic E-state index is -0.336. The van der Waals surface area contributed by atoms with Crippen LogP contribution >= 0.6 is 0 Å². The molecule has 0 atom stereocenters. The van der Waals surface area contributed by atoms with Crippen molar-refractivity contribution >= 4 is 23.2 Å². The number of nitrogens with zero attached hydrogens (tertiary/aromatic N) is 4. The van der Waals surface area contributed by atoms with Crippen LogP contribution in [0.2, 0.25) is 0 Å². The Morgan fingerprint density at radius 3 is 2.89 bits per heavy atom. The maximum atomic E-state index is 13.4. The molecule has 0 amide bonds. The molecule has 0 unspecified atom stereocenters. The van der Waals surface area contributed by atoms with Gasteiger partial charge in [0.25, 0.3) is 0 Å². The Bertz CT molecular complexity index is 865. The summed E-state index contributed by atoms with van der Waals surface area (Å²) in [4.78, 5) is 2.09. The van der Waals surface area contributed by atoms with E-state index in [-0.39, 0.29) is 29.1 Å². The van der Waals surface area contributed by atoms with Crippen molar-refractivity contribution in [2.24, 2.45) is 11.1 Å². The van der Waals surface area contributed by atoms with Crippen molar-refractivity contribution in [1.82, 2.24) is 20.7 Å². The van der Waals surface area contributed by atoms with E-state index in [1.165, 1.54) is 12.1 Å². The lowest BCUT2D eigenvalue weighted by atomic mass is 9.99. The SMILES string of the molecule is Cc1cc(N/C(=N\O)c2nonc2NCCN2CC(C(=N)NO)C2)ccc1F. The molecule has 6 N–H and O–H groups in total. The van der Waals surface area contributed by atoms with Crippen LogP contribution in [0.3, 0.4) is 0 Å². The van der Waals surface area contributed by atoms with Crippen LogP contribution in [0.1, 0.15) is 11.3 Å². The zero-order chi connectivity index (χ0) is 20.1. The highest BCUT2D eigenvalue weighted by Crippen LogP contribution is 2.18. The molecule has 1 aliphatic rings. The lowest BCUT2D eigenvalue weighted by Gasteiger charge is -2.38. The molecule has 0 aliphatic carbocycles. The third-order valence-electron chi connectivity index (χ3n) is 4.44. The molecule has 12 heteroatoms. The normalized spacial score (nSPS) is 15.2. The van der Waals surface area contributed by atoms with Gasteiger partial charge in [-0.2, -0.15) is 0 Å². The number of anilines is 2. The number of hydrogen-bond acceptors (Lipinski definition) is 9. The molecular weight excluding hydrogens is 371 g/mol. The van der Waals surface area contributed by atoms with Gasteiger partial charge in [0.1, 0.15) is 11.7 Å². The van der Waals surface area contributed by atoms with E-state index in [0.717, 1.165) is 0 Å². The molecule has 2 heterocycles. The monoisotopic (exact) mass is 392 g/mol. The summed E-state index contributed by atoms with van der Waals surface area (Å²) in [6.07, 6.45) is 0. The van der Waals surface area contributed by atoms with Gasteiger partial charge in [-0.1, -0.05) is 5.16 Å². The molecule has 28 heavy (non-hydrogen) atoms. The molecule has 0 radical (unpaired) electrons. The summed E-state index contributed by atoms with van der Waals surface area (Å²) in [5, 5.41) is 42.1. The standard InChI is InChI=1S/C16H21FN8O3/c1-9-6-11(2-3-12(9)17)20-16(22-27)13-15(24-28-23-13)19-4-5-25-7-10(8-25)14(18)21-26/h2-3,6,10,26-27H,4-5,7-8H2,1H3,(H2,18,21)(H,19,24)(H,20,22). The minimum absolute atomic E-state index is 0.00115. The second kappa shape index (κ2) is 8.63. The molecule has 1 fully saturated rings. The van der Waals surface area contributed by atoms with Crippen molar-refractivity contribution in [3.05, 3.63) is 35.3 Å². The Hall–Kier alpha value is -3.25. The third-order valence-corrected chi connectivity index (χ3v) is 4.44. The number of amidine groups is 2. The summed E-state index contributed by atoms with van der Waals surface area (Å²) < 4.78 is 18.1. The van der Waals surface area contributed by atoms with Gasteiger partial charge < -0.3 is 20.7 Å². The lowest BCUT2D eigenvalue weighted by molar-refractivity contribution is 0.131. The number of likely N-dealkylation sites (tertiary alicyclic amines) is 1. The zero-order valence-electron chi connectivity index (χ0n) is 15.1. The van der Waals surface area contributed by atoms with Gasteiger partial charge in [0.2, 0.25) is 11.7 Å². The van der Waals surface area contributed by atoms with E-state index in [9.17, 15) is 9.60 Å². The second-order valence-corrected chi connectivity index (χ2v) is 6.41. The molecule has 11 nitrogen and oxygen atoms in total. The number of nitrogens with one attached hydrogen (secondary N) is 4. The molecule has 0 spiro atoms. The zero-order valence-corrected chi connectivity index (χ0v) is 15.1. The van der Waals surface area contributed by atoms with E-state index in [1.54, 1.807) is 13.0 Å². The molecule has 1 aliphatic heterocycles. The van der Waals surface area contributed by atoms with Gasteiger partial charge >= 0.3 is 0 Å². The van der Waals surface area contributed by atoms with Gasteiger partial charge in [-0.05, 0) is 41.0 Å². The number of hydroxylamine groups is 1. The smallest absolute Gasteiger partial charge is 0.203 e. The van der Waals surface area contributed by atoms with Crippen LogP contribution in [0.4, 0.5) is 15.9 Å². The molecule has 3 rings (SSSR count). The number of benzene rings is 1. The molecule has 150 valence electrons.